The molecule has 7 nitrogen and oxygen atoms in total. The third-order valence-corrected chi connectivity index (χ3v) is 5.82. The lowest BCUT2D eigenvalue weighted by Gasteiger charge is -2.09. The Kier molecular flexibility index (Phi) is 4.11. The van der Waals surface area contributed by atoms with E-state index in [0.717, 1.165) is 49.4 Å². The number of hydrogen-bond donors (Lipinski definition) is 2. The Balaban J connectivity index is 1.50. The molecule has 0 aliphatic heterocycles. The summed E-state index contributed by atoms with van der Waals surface area (Å²) in [6.07, 6.45) is 0.688. The lowest BCUT2D eigenvalue weighted by Crippen LogP contribution is -2.08. The van der Waals surface area contributed by atoms with Gasteiger partial charge in [0.2, 0.25) is 0 Å². The predicted molar refractivity (Wildman–Crippen MR) is 118 cm³/mol. The number of halogens is 2. The molecule has 6 aromatic rings. The molecule has 32 heavy (non-hydrogen) atoms. The Morgan fingerprint density at radius 2 is 1.50 bits per heavy atom. The van der Waals surface area contributed by atoms with Gasteiger partial charge in [0.25, 0.3) is 0 Å². The van der Waals surface area contributed by atoms with Gasteiger partial charge >= 0.3 is 0 Å². The molecule has 0 saturated carbocycles. The Hall–Kier alpha value is -4.01. The van der Waals surface area contributed by atoms with Crippen LogP contribution in [0.3, 0.4) is 0 Å². The fraction of sp³-hybridized carbons (Fsp3) is 0.174. The van der Waals surface area contributed by atoms with Crippen LogP contribution in [0.4, 0.5) is 8.78 Å². The molecule has 0 fully saturated rings. The molecular weight excluding hydrogens is 414 g/mol. The molecule has 0 spiro atoms. The van der Waals surface area contributed by atoms with Crippen LogP contribution in [0.1, 0.15) is 12.2 Å². The minimum absolute atomic E-state index is 0.317. The first-order chi connectivity index (χ1) is 15.6. The van der Waals surface area contributed by atoms with Gasteiger partial charge in [-0.15, -0.1) is 5.10 Å². The number of nitrogens with one attached hydrogen (secondary N) is 2. The molecule has 6 rings (SSSR count). The molecule has 0 unspecified atom stereocenters. The van der Waals surface area contributed by atoms with Gasteiger partial charge in [-0.2, -0.15) is 0 Å². The second-order valence-corrected chi connectivity index (χ2v) is 7.83. The molecule has 0 aliphatic rings. The van der Waals surface area contributed by atoms with Crippen LogP contribution in [0.15, 0.2) is 42.5 Å². The molecule has 0 amide bonds. The van der Waals surface area contributed by atoms with Crippen molar-refractivity contribution in [1.82, 2.24) is 30.2 Å². The van der Waals surface area contributed by atoms with E-state index in [4.69, 9.17) is 4.74 Å². The van der Waals surface area contributed by atoms with E-state index < -0.39 is 0 Å². The zero-order valence-corrected chi connectivity index (χ0v) is 17.1. The van der Waals surface area contributed by atoms with Crippen LogP contribution in [-0.2, 0) is 6.54 Å². The average Bonchev–Trinajstić information content (AvgIpc) is 3.46. The van der Waals surface area contributed by atoms with Crippen LogP contribution in [0, 0.1) is 18.6 Å². The number of aromatic amines is 2. The van der Waals surface area contributed by atoms with Crippen molar-refractivity contribution in [2.75, 3.05) is 6.61 Å². The molecule has 0 radical (unpaired) electrons. The van der Waals surface area contributed by atoms with E-state index in [1.807, 2.05) is 13.0 Å². The van der Waals surface area contributed by atoms with Gasteiger partial charge < -0.3 is 14.7 Å². The van der Waals surface area contributed by atoms with Gasteiger partial charge in [-0.25, -0.2) is 13.5 Å². The van der Waals surface area contributed by atoms with Gasteiger partial charge in [0.15, 0.2) is 5.75 Å². The van der Waals surface area contributed by atoms with Gasteiger partial charge in [0.05, 0.1) is 17.6 Å². The van der Waals surface area contributed by atoms with Crippen molar-refractivity contribution in [1.29, 1.82) is 0 Å². The predicted octanol–water partition coefficient (Wildman–Crippen LogP) is 5.00. The molecule has 9 heteroatoms. The van der Waals surface area contributed by atoms with Crippen molar-refractivity contribution >= 4 is 43.6 Å². The number of aryl methyl sites for hydroxylation is 2. The molecule has 3 aromatic carbocycles. The van der Waals surface area contributed by atoms with Crippen molar-refractivity contribution in [3.8, 4) is 5.75 Å². The number of aromatic nitrogens is 6. The summed E-state index contributed by atoms with van der Waals surface area (Å²) in [5.74, 6) is 0.731. The van der Waals surface area contributed by atoms with Crippen LogP contribution >= 0.6 is 0 Å². The highest BCUT2D eigenvalue weighted by atomic mass is 19.1. The Morgan fingerprint density at radius 3 is 2.06 bits per heavy atom. The van der Waals surface area contributed by atoms with E-state index >= 15 is 0 Å². The summed E-state index contributed by atoms with van der Waals surface area (Å²) in [6, 6.07) is 11.2. The highest BCUT2D eigenvalue weighted by molar-refractivity contribution is 6.20. The fourth-order valence-corrected chi connectivity index (χ4v) is 4.29. The molecule has 2 N–H and O–H groups in total. The van der Waals surface area contributed by atoms with Gasteiger partial charge in [-0.3, -0.25) is 0 Å². The SMILES string of the molecule is Cc1nnnn1CCCOc1c2[nH]c3ccc(F)cc3c2cc2c1[nH]c1ccc(F)cc12. The maximum absolute atomic E-state index is 14.0. The molecule has 0 saturated heterocycles. The Morgan fingerprint density at radius 1 is 0.875 bits per heavy atom. The second-order valence-electron chi connectivity index (χ2n) is 7.83. The number of H-pyrrole nitrogens is 2. The zero-order valence-electron chi connectivity index (χ0n) is 17.1. The van der Waals surface area contributed by atoms with Crippen molar-refractivity contribution in [3.63, 3.8) is 0 Å². The van der Waals surface area contributed by atoms with Crippen LogP contribution in [0.2, 0.25) is 0 Å². The average molecular weight is 432 g/mol. The number of benzene rings is 3. The topological polar surface area (TPSA) is 84.4 Å². The standard InChI is InChI=1S/C23H18F2N6O/c1-12-28-29-30-31(12)7-2-8-32-23-21-17(15-9-13(24)3-5-19(15)26-21)11-18-16-10-14(25)4-6-20(16)27-22(18)23/h3-6,9-11,26-27H,2,7-8H2,1H3. The van der Waals surface area contributed by atoms with E-state index in [1.165, 1.54) is 24.3 Å². The van der Waals surface area contributed by atoms with E-state index in [1.54, 1.807) is 16.8 Å². The van der Waals surface area contributed by atoms with E-state index in [-0.39, 0.29) is 11.6 Å². The summed E-state index contributed by atoms with van der Waals surface area (Å²) in [5.41, 5.74) is 3.14. The maximum atomic E-state index is 14.0. The number of nitrogens with zero attached hydrogens (tertiary/aromatic N) is 4. The van der Waals surface area contributed by atoms with Crippen LogP contribution < -0.4 is 4.74 Å². The van der Waals surface area contributed by atoms with Gasteiger partial charge in [-0.1, -0.05) is 0 Å². The normalized spacial score (nSPS) is 12.0. The minimum Gasteiger partial charge on any atom is -0.489 e. The zero-order chi connectivity index (χ0) is 21.8. The number of rotatable bonds is 5. The van der Waals surface area contributed by atoms with E-state index in [9.17, 15) is 8.78 Å². The van der Waals surface area contributed by atoms with Gasteiger partial charge in [-0.05, 0) is 59.8 Å². The van der Waals surface area contributed by atoms with Crippen molar-refractivity contribution in [3.05, 3.63) is 59.9 Å². The van der Waals surface area contributed by atoms with Crippen LogP contribution in [0.25, 0.3) is 43.6 Å². The maximum Gasteiger partial charge on any atom is 0.167 e. The molecule has 0 atom stereocenters. The first-order valence-corrected chi connectivity index (χ1v) is 10.3. The van der Waals surface area contributed by atoms with Crippen molar-refractivity contribution in [2.45, 2.75) is 19.9 Å². The Bertz CT molecular complexity index is 1540. The molecule has 3 aromatic heterocycles. The summed E-state index contributed by atoms with van der Waals surface area (Å²) < 4.78 is 36.0. The molecular formula is C23H18F2N6O. The summed E-state index contributed by atoms with van der Waals surface area (Å²) in [6.45, 7) is 2.88. The number of hydrogen-bond acceptors (Lipinski definition) is 4. The number of tetrazole rings is 1. The Labute approximate surface area is 180 Å². The fourth-order valence-electron chi connectivity index (χ4n) is 4.29. The van der Waals surface area contributed by atoms with E-state index in [0.29, 0.717) is 25.3 Å². The van der Waals surface area contributed by atoms with E-state index in [2.05, 4.69) is 25.5 Å². The molecule has 3 heterocycles. The largest absolute Gasteiger partial charge is 0.489 e. The third-order valence-electron chi connectivity index (χ3n) is 5.82. The number of ether oxygens (including phenoxy) is 1. The highest BCUT2D eigenvalue weighted by Crippen LogP contribution is 2.41. The molecule has 0 aliphatic carbocycles. The summed E-state index contributed by atoms with van der Waals surface area (Å²) >= 11 is 0. The monoisotopic (exact) mass is 432 g/mol. The minimum atomic E-state index is -0.317. The van der Waals surface area contributed by atoms with Gasteiger partial charge in [0, 0.05) is 45.5 Å². The number of fused-ring (bicyclic) bond motifs is 6. The first kappa shape index (κ1) is 18.7. The molecule has 0 bridgehead atoms. The summed E-state index contributed by atoms with van der Waals surface area (Å²) in [5, 5.41) is 14.6. The smallest absolute Gasteiger partial charge is 0.167 e. The second kappa shape index (κ2) is 7.01. The lowest BCUT2D eigenvalue weighted by molar-refractivity contribution is 0.302. The van der Waals surface area contributed by atoms with Crippen LogP contribution in [-0.4, -0.2) is 36.8 Å². The summed E-state index contributed by atoms with van der Waals surface area (Å²) in [7, 11) is 0. The van der Waals surface area contributed by atoms with Crippen LogP contribution in [0.5, 0.6) is 5.75 Å². The first-order valence-electron chi connectivity index (χ1n) is 10.3. The van der Waals surface area contributed by atoms with Crippen molar-refractivity contribution < 1.29 is 13.5 Å². The van der Waals surface area contributed by atoms with Crippen molar-refractivity contribution in [2.24, 2.45) is 0 Å². The lowest BCUT2D eigenvalue weighted by atomic mass is 10.1. The summed E-state index contributed by atoms with van der Waals surface area (Å²) in [4.78, 5) is 6.72. The quantitative estimate of drug-likeness (QED) is 0.376. The third kappa shape index (κ3) is 2.89. The molecule has 160 valence electrons. The highest BCUT2D eigenvalue weighted by Gasteiger charge is 2.18. The van der Waals surface area contributed by atoms with Gasteiger partial charge in [0.1, 0.15) is 17.5 Å².